The summed E-state index contributed by atoms with van der Waals surface area (Å²) in [4.78, 5) is 0. The van der Waals surface area contributed by atoms with Crippen LogP contribution in [-0.2, 0) is 6.54 Å². The van der Waals surface area contributed by atoms with E-state index in [0.717, 1.165) is 24.6 Å². The van der Waals surface area contributed by atoms with Crippen LogP contribution in [0.5, 0.6) is 5.75 Å². The molecule has 1 aliphatic carbocycles. The number of hydrogen-bond acceptors (Lipinski definition) is 3. The maximum absolute atomic E-state index is 12.1. The number of alkyl halides is 2. The maximum atomic E-state index is 12.1. The zero-order valence-corrected chi connectivity index (χ0v) is 12.7. The Labute approximate surface area is 130 Å². The lowest BCUT2D eigenvalue weighted by Gasteiger charge is -2.26. The molecule has 2 N–H and O–H groups in total. The first kappa shape index (κ1) is 15.7. The summed E-state index contributed by atoms with van der Waals surface area (Å²) in [5.41, 5.74) is 1.10. The summed E-state index contributed by atoms with van der Waals surface area (Å²) in [5.74, 6) is 0.941. The summed E-state index contributed by atoms with van der Waals surface area (Å²) < 4.78 is 28.6. The fourth-order valence-corrected chi connectivity index (χ4v) is 3.84. The molecule has 122 valence electrons. The van der Waals surface area contributed by atoms with Crippen LogP contribution in [0.3, 0.4) is 0 Å². The number of nitrogens with one attached hydrogen (secondary N) is 2. The molecule has 3 atom stereocenters. The maximum Gasteiger partial charge on any atom is 0.387 e. The molecule has 3 rings (SSSR count). The quantitative estimate of drug-likeness (QED) is 0.846. The highest BCUT2D eigenvalue weighted by molar-refractivity contribution is 5.27. The van der Waals surface area contributed by atoms with Crippen molar-refractivity contribution in [3.8, 4) is 5.75 Å². The molecule has 1 aromatic carbocycles. The van der Waals surface area contributed by atoms with Crippen LogP contribution in [0.4, 0.5) is 8.78 Å². The highest BCUT2D eigenvalue weighted by Gasteiger charge is 2.34. The fourth-order valence-electron chi connectivity index (χ4n) is 3.84. The standard InChI is InChI=1S/C17H24F2N2O/c18-17(19)22-13-8-6-12(7-9-13)11-21-16-4-1-3-14(16)15-5-2-10-20-15/h6-9,14-17,20-21H,1-5,10-11H2. The third-order valence-electron chi connectivity index (χ3n) is 4.90. The van der Waals surface area contributed by atoms with Gasteiger partial charge in [0.1, 0.15) is 5.75 Å². The van der Waals surface area contributed by atoms with Crippen molar-refractivity contribution in [3.05, 3.63) is 29.8 Å². The van der Waals surface area contributed by atoms with Crippen LogP contribution < -0.4 is 15.4 Å². The number of rotatable bonds is 6. The van der Waals surface area contributed by atoms with E-state index in [1.54, 1.807) is 12.1 Å². The number of ether oxygens (including phenoxy) is 1. The minimum Gasteiger partial charge on any atom is -0.435 e. The number of benzene rings is 1. The predicted octanol–water partition coefficient (Wildman–Crippen LogP) is 3.30. The van der Waals surface area contributed by atoms with Crippen LogP contribution in [0.1, 0.15) is 37.7 Å². The van der Waals surface area contributed by atoms with Crippen LogP contribution in [0, 0.1) is 5.92 Å². The molecule has 22 heavy (non-hydrogen) atoms. The number of halogens is 2. The van der Waals surface area contributed by atoms with Gasteiger partial charge < -0.3 is 15.4 Å². The van der Waals surface area contributed by atoms with Crippen molar-refractivity contribution in [2.75, 3.05) is 6.54 Å². The van der Waals surface area contributed by atoms with Gasteiger partial charge in [-0.15, -0.1) is 0 Å². The molecule has 0 amide bonds. The molecule has 1 aromatic rings. The Balaban J connectivity index is 1.50. The summed E-state index contributed by atoms with van der Waals surface area (Å²) in [6.45, 7) is -0.829. The molecule has 3 unspecified atom stereocenters. The Bertz CT molecular complexity index is 460. The Kier molecular flexibility index (Phi) is 5.26. The third kappa shape index (κ3) is 3.96. The van der Waals surface area contributed by atoms with E-state index in [4.69, 9.17) is 0 Å². The lowest BCUT2D eigenvalue weighted by atomic mass is 9.93. The summed E-state index contributed by atoms with van der Waals surface area (Å²) in [5, 5.41) is 7.28. The monoisotopic (exact) mass is 310 g/mol. The molecule has 1 saturated carbocycles. The molecule has 2 fully saturated rings. The first-order valence-corrected chi connectivity index (χ1v) is 8.23. The molecule has 0 spiro atoms. The van der Waals surface area contributed by atoms with Crippen molar-refractivity contribution < 1.29 is 13.5 Å². The molecule has 1 saturated heterocycles. The van der Waals surface area contributed by atoms with Crippen LogP contribution in [0.2, 0.25) is 0 Å². The normalized spacial score (nSPS) is 28.4. The van der Waals surface area contributed by atoms with Crippen molar-refractivity contribution >= 4 is 0 Å². The highest BCUT2D eigenvalue weighted by Crippen LogP contribution is 2.32. The zero-order valence-electron chi connectivity index (χ0n) is 12.7. The van der Waals surface area contributed by atoms with Crippen molar-refractivity contribution in [2.45, 2.75) is 57.3 Å². The van der Waals surface area contributed by atoms with Gasteiger partial charge in [-0.25, -0.2) is 0 Å². The third-order valence-corrected chi connectivity index (χ3v) is 4.90. The van der Waals surface area contributed by atoms with Crippen molar-refractivity contribution in [1.82, 2.24) is 10.6 Å². The molecule has 0 bridgehead atoms. The van der Waals surface area contributed by atoms with Gasteiger partial charge in [-0.3, -0.25) is 0 Å². The van der Waals surface area contributed by atoms with Crippen molar-refractivity contribution in [3.63, 3.8) is 0 Å². The van der Waals surface area contributed by atoms with Gasteiger partial charge in [-0.1, -0.05) is 18.6 Å². The van der Waals surface area contributed by atoms with Gasteiger partial charge in [0.25, 0.3) is 0 Å². The second kappa shape index (κ2) is 7.38. The van der Waals surface area contributed by atoms with Gasteiger partial charge in [0, 0.05) is 18.6 Å². The zero-order chi connectivity index (χ0) is 15.4. The molecule has 0 aromatic heterocycles. The van der Waals surface area contributed by atoms with Crippen molar-refractivity contribution in [1.29, 1.82) is 0 Å². The Morgan fingerprint density at radius 2 is 1.95 bits per heavy atom. The summed E-state index contributed by atoms with van der Waals surface area (Å²) >= 11 is 0. The van der Waals surface area contributed by atoms with Gasteiger partial charge in [0.05, 0.1) is 0 Å². The van der Waals surface area contributed by atoms with E-state index in [0.29, 0.717) is 12.1 Å². The van der Waals surface area contributed by atoms with E-state index in [1.807, 2.05) is 12.1 Å². The smallest absolute Gasteiger partial charge is 0.387 e. The van der Waals surface area contributed by atoms with E-state index in [-0.39, 0.29) is 5.75 Å². The Morgan fingerprint density at radius 1 is 1.14 bits per heavy atom. The molecule has 0 radical (unpaired) electrons. The molecule has 1 aliphatic heterocycles. The van der Waals surface area contributed by atoms with Crippen molar-refractivity contribution in [2.24, 2.45) is 5.92 Å². The predicted molar refractivity (Wildman–Crippen MR) is 82.1 cm³/mol. The number of hydrogen-bond donors (Lipinski definition) is 2. The van der Waals surface area contributed by atoms with Crippen LogP contribution in [0.25, 0.3) is 0 Å². The topological polar surface area (TPSA) is 33.3 Å². The molecular weight excluding hydrogens is 286 g/mol. The highest BCUT2D eigenvalue weighted by atomic mass is 19.3. The van der Waals surface area contributed by atoms with Gasteiger partial charge in [-0.2, -0.15) is 8.78 Å². The van der Waals surface area contributed by atoms with Gasteiger partial charge >= 0.3 is 6.61 Å². The minimum absolute atomic E-state index is 0.215. The first-order valence-electron chi connectivity index (χ1n) is 8.23. The lowest BCUT2D eigenvalue weighted by Crippen LogP contribution is -2.41. The molecule has 2 aliphatic rings. The molecular formula is C17H24F2N2O. The van der Waals surface area contributed by atoms with E-state index in [9.17, 15) is 8.78 Å². The molecule has 5 heteroatoms. The van der Waals surface area contributed by atoms with Crippen LogP contribution in [0.15, 0.2) is 24.3 Å². The second-order valence-corrected chi connectivity index (χ2v) is 6.31. The average molecular weight is 310 g/mol. The SMILES string of the molecule is FC(F)Oc1ccc(CNC2CCCC2C2CCCN2)cc1. The van der Waals surface area contributed by atoms with Gasteiger partial charge in [0.2, 0.25) is 0 Å². The Morgan fingerprint density at radius 3 is 2.64 bits per heavy atom. The van der Waals surface area contributed by atoms with Gasteiger partial charge in [-0.05, 0) is 55.8 Å². The lowest BCUT2D eigenvalue weighted by molar-refractivity contribution is -0.0498. The minimum atomic E-state index is -2.76. The second-order valence-electron chi connectivity index (χ2n) is 6.31. The van der Waals surface area contributed by atoms with Gasteiger partial charge in [0.15, 0.2) is 0 Å². The van der Waals surface area contributed by atoms with E-state index in [2.05, 4.69) is 15.4 Å². The first-order chi connectivity index (χ1) is 10.7. The average Bonchev–Trinajstić information content (AvgIpc) is 3.17. The summed E-state index contributed by atoms with van der Waals surface area (Å²) in [6.07, 6.45) is 6.41. The Hall–Kier alpha value is -1.20. The van der Waals surface area contributed by atoms with Crippen LogP contribution >= 0.6 is 0 Å². The molecule has 3 nitrogen and oxygen atoms in total. The fraction of sp³-hybridized carbons (Fsp3) is 0.647. The van der Waals surface area contributed by atoms with E-state index in [1.165, 1.54) is 32.1 Å². The largest absolute Gasteiger partial charge is 0.435 e. The molecule has 1 heterocycles. The van der Waals surface area contributed by atoms with Crippen LogP contribution in [-0.4, -0.2) is 25.2 Å². The summed E-state index contributed by atoms with van der Waals surface area (Å²) in [6, 6.07) is 8.14. The summed E-state index contributed by atoms with van der Waals surface area (Å²) in [7, 11) is 0. The van der Waals surface area contributed by atoms with E-state index >= 15 is 0 Å². The van der Waals surface area contributed by atoms with E-state index < -0.39 is 6.61 Å².